The largest absolute Gasteiger partial charge is 0.457 e. The van der Waals surface area contributed by atoms with Gasteiger partial charge in [-0.25, -0.2) is 9.37 Å². The van der Waals surface area contributed by atoms with Crippen molar-refractivity contribution < 1.29 is 13.9 Å². The molecule has 3 rings (SSSR count). The number of hydrogen-bond donors (Lipinski definition) is 2. The molecule has 0 saturated carbocycles. The zero-order valence-electron chi connectivity index (χ0n) is 13.3. The van der Waals surface area contributed by atoms with Gasteiger partial charge in [0.15, 0.2) is 0 Å². The third kappa shape index (κ3) is 4.32. The van der Waals surface area contributed by atoms with Gasteiger partial charge in [0.1, 0.15) is 23.1 Å². The number of carbonyl (C=O) groups is 1. The van der Waals surface area contributed by atoms with Crippen LogP contribution in [0.3, 0.4) is 0 Å². The van der Waals surface area contributed by atoms with E-state index >= 15 is 0 Å². The molecule has 3 aromatic rings. The lowest BCUT2D eigenvalue weighted by molar-refractivity contribution is 0.0951. The second kappa shape index (κ2) is 7.44. The fourth-order valence-corrected chi connectivity index (χ4v) is 2.20. The number of amides is 1. The molecule has 0 spiro atoms. The second-order valence-electron chi connectivity index (χ2n) is 5.32. The highest BCUT2D eigenvalue weighted by Gasteiger charge is 2.09. The highest BCUT2D eigenvalue weighted by Crippen LogP contribution is 2.21. The summed E-state index contributed by atoms with van der Waals surface area (Å²) < 4.78 is 18.5. The highest BCUT2D eigenvalue weighted by atomic mass is 19.1. The lowest BCUT2D eigenvalue weighted by Crippen LogP contribution is -2.24. The van der Waals surface area contributed by atoms with Gasteiger partial charge in [0.05, 0.1) is 5.56 Å². The van der Waals surface area contributed by atoms with E-state index in [-0.39, 0.29) is 17.5 Å². The Morgan fingerprint density at radius 3 is 2.32 bits per heavy atom. The number of nitrogen functional groups attached to an aromatic ring is 1. The van der Waals surface area contributed by atoms with Gasteiger partial charge >= 0.3 is 0 Å². The van der Waals surface area contributed by atoms with Gasteiger partial charge in [-0.05, 0) is 54.1 Å². The molecular formula is C19H16FN3O2. The van der Waals surface area contributed by atoms with Gasteiger partial charge in [0, 0.05) is 12.7 Å². The number of nitrogens with one attached hydrogen (secondary N) is 1. The van der Waals surface area contributed by atoms with Gasteiger partial charge < -0.3 is 15.8 Å². The van der Waals surface area contributed by atoms with E-state index in [2.05, 4.69) is 10.3 Å². The number of pyridine rings is 1. The average molecular weight is 337 g/mol. The Bertz CT molecular complexity index is 865. The molecule has 0 atom stereocenters. The zero-order valence-corrected chi connectivity index (χ0v) is 13.3. The Balaban J connectivity index is 1.58. The fraction of sp³-hybridized carbons (Fsp3) is 0.0526. The molecule has 0 fully saturated rings. The van der Waals surface area contributed by atoms with E-state index in [1.165, 1.54) is 18.3 Å². The summed E-state index contributed by atoms with van der Waals surface area (Å²) in [6.07, 6.45) is 1.53. The van der Waals surface area contributed by atoms with Crippen molar-refractivity contribution in [3.05, 3.63) is 83.8 Å². The van der Waals surface area contributed by atoms with E-state index in [1.807, 2.05) is 12.1 Å². The predicted octanol–water partition coefficient (Wildman–Crippen LogP) is 3.53. The number of ether oxygens (including phenoxy) is 1. The van der Waals surface area contributed by atoms with Crippen LogP contribution in [0.15, 0.2) is 66.9 Å². The molecule has 3 N–H and O–H groups in total. The van der Waals surface area contributed by atoms with Crippen LogP contribution < -0.4 is 15.8 Å². The first kappa shape index (κ1) is 16.4. The molecule has 0 unspecified atom stereocenters. The first-order valence-corrected chi connectivity index (χ1v) is 7.63. The molecule has 25 heavy (non-hydrogen) atoms. The lowest BCUT2D eigenvalue weighted by Gasteiger charge is -2.09. The number of benzene rings is 2. The van der Waals surface area contributed by atoms with Crippen molar-refractivity contribution in [1.82, 2.24) is 10.3 Å². The molecule has 1 amide bonds. The molecule has 0 bridgehead atoms. The smallest absolute Gasteiger partial charge is 0.255 e. The van der Waals surface area contributed by atoms with Crippen LogP contribution in [0.1, 0.15) is 15.9 Å². The maximum Gasteiger partial charge on any atom is 0.255 e. The maximum atomic E-state index is 12.9. The van der Waals surface area contributed by atoms with Crippen molar-refractivity contribution in [2.45, 2.75) is 6.54 Å². The first-order valence-electron chi connectivity index (χ1n) is 7.63. The monoisotopic (exact) mass is 337 g/mol. The molecule has 1 heterocycles. The first-order chi connectivity index (χ1) is 12.1. The summed E-state index contributed by atoms with van der Waals surface area (Å²) in [7, 11) is 0. The van der Waals surface area contributed by atoms with Crippen molar-refractivity contribution in [2.75, 3.05) is 5.73 Å². The van der Waals surface area contributed by atoms with Crippen LogP contribution >= 0.6 is 0 Å². The number of nitrogens with two attached hydrogens (primary N) is 1. The van der Waals surface area contributed by atoms with E-state index < -0.39 is 0 Å². The van der Waals surface area contributed by atoms with E-state index in [0.29, 0.717) is 23.6 Å². The fourth-order valence-electron chi connectivity index (χ4n) is 2.20. The summed E-state index contributed by atoms with van der Waals surface area (Å²) in [6, 6.07) is 16.3. The number of halogens is 1. The minimum absolute atomic E-state index is 0.197. The molecule has 6 heteroatoms. The SMILES string of the molecule is Nc1ncccc1C(=O)NCc1ccc(Oc2ccc(F)cc2)cc1. The molecule has 126 valence electrons. The number of hydrogen-bond acceptors (Lipinski definition) is 4. The number of nitrogens with zero attached hydrogens (tertiary/aromatic N) is 1. The van der Waals surface area contributed by atoms with Gasteiger partial charge in [0.2, 0.25) is 0 Å². The number of carbonyl (C=O) groups excluding carboxylic acids is 1. The van der Waals surface area contributed by atoms with Crippen LogP contribution in [0.5, 0.6) is 11.5 Å². The topological polar surface area (TPSA) is 77.2 Å². The van der Waals surface area contributed by atoms with Gasteiger partial charge in [-0.2, -0.15) is 0 Å². The summed E-state index contributed by atoms with van der Waals surface area (Å²) in [6.45, 7) is 0.351. The quantitative estimate of drug-likeness (QED) is 0.747. The third-order valence-corrected chi connectivity index (χ3v) is 3.51. The summed E-state index contributed by atoms with van der Waals surface area (Å²) in [5, 5.41) is 2.79. The zero-order chi connectivity index (χ0) is 17.6. The van der Waals surface area contributed by atoms with E-state index in [9.17, 15) is 9.18 Å². The van der Waals surface area contributed by atoms with Crippen LogP contribution in [-0.2, 0) is 6.54 Å². The van der Waals surface area contributed by atoms with E-state index in [0.717, 1.165) is 5.56 Å². The standard InChI is InChI=1S/C19H16FN3O2/c20-14-5-9-16(10-6-14)25-15-7-3-13(4-8-15)12-23-19(24)17-2-1-11-22-18(17)21/h1-11H,12H2,(H2,21,22)(H,23,24). The van der Waals surface area contributed by atoms with Crippen molar-refractivity contribution in [1.29, 1.82) is 0 Å². The molecule has 0 saturated heterocycles. The molecule has 0 aliphatic heterocycles. The number of anilines is 1. The Morgan fingerprint density at radius 2 is 1.68 bits per heavy atom. The van der Waals surface area contributed by atoms with Crippen molar-refractivity contribution in [3.8, 4) is 11.5 Å². The van der Waals surface area contributed by atoms with Crippen LogP contribution in [0, 0.1) is 5.82 Å². The Labute approximate surface area is 144 Å². The maximum absolute atomic E-state index is 12.9. The molecule has 0 aliphatic carbocycles. The van der Waals surface area contributed by atoms with Gasteiger partial charge in [-0.1, -0.05) is 12.1 Å². The summed E-state index contributed by atoms with van der Waals surface area (Å²) in [5.74, 6) is 0.778. The van der Waals surface area contributed by atoms with Gasteiger partial charge in [-0.3, -0.25) is 4.79 Å². The minimum Gasteiger partial charge on any atom is -0.457 e. The Kier molecular flexibility index (Phi) is 4.89. The Morgan fingerprint density at radius 1 is 1.04 bits per heavy atom. The molecule has 5 nitrogen and oxygen atoms in total. The van der Waals surface area contributed by atoms with E-state index in [4.69, 9.17) is 10.5 Å². The predicted molar refractivity (Wildman–Crippen MR) is 92.7 cm³/mol. The van der Waals surface area contributed by atoms with Crippen LogP contribution in [0.4, 0.5) is 10.2 Å². The van der Waals surface area contributed by atoms with Crippen molar-refractivity contribution in [2.24, 2.45) is 0 Å². The van der Waals surface area contributed by atoms with Gasteiger partial charge in [-0.15, -0.1) is 0 Å². The van der Waals surface area contributed by atoms with Gasteiger partial charge in [0.25, 0.3) is 5.91 Å². The molecule has 1 aromatic heterocycles. The highest BCUT2D eigenvalue weighted by molar-refractivity contribution is 5.98. The average Bonchev–Trinajstić information content (AvgIpc) is 2.63. The number of rotatable bonds is 5. The summed E-state index contributed by atoms with van der Waals surface area (Å²) in [5.41, 5.74) is 6.93. The number of aromatic nitrogens is 1. The van der Waals surface area contributed by atoms with Crippen molar-refractivity contribution in [3.63, 3.8) is 0 Å². The van der Waals surface area contributed by atoms with E-state index in [1.54, 1.807) is 36.4 Å². The molecule has 0 aliphatic rings. The van der Waals surface area contributed by atoms with Crippen LogP contribution in [0.25, 0.3) is 0 Å². The normalized spacial score (nSPS) is 10.3. The lowest BCUT2D eigenvalue weighted by atomic mass is 10.2. The third-order valence-electron chi connectivity index (χ3n) is 3.51. The van der Waals surface area contributed by atoms with Crippen LogP contribution in [-0.4, -0.2) is 10.9 Å². The summed E-state index contributed by atoms with van der Waals surface area (Å²) >= 11 is 0. The van der Waals surface area contributed by atoms with Crippen LogP contribution in [0.2, 0.25) is 0 Å². The second-order valence-corrected chi connectivity index (χ2v) is 5.32. The molecular weight excluding hydrogens is 321 g/mol. The van der Waals surface area contributed by atoms with Crippen molar-refractivity contribution >= 4 is 11.7 Å². The Hall–Kier alpha value is -3.41. The molecule has 2 aromatic carbocycles. The summed E-state index contributed by atoms with van der Waals surface area (Å²) in [4.78, 5) is 16.0. The minimum atomic E-state index is -0.312. The molecule has 0 radical (unpaired) electrons.